The fourth-order valence-electron chi connectivity index (χ4n) is 3.29. The summed E-state index contributed by atoms with van der Waals surface area (Å²) >= 11 is 17.6. The van der Waals surface area contributed by atoms with Crippen molar-refractivity contribution in [1.82, 2.24) is 9.88 Å². The summed E-state index contributed by atoms with van der Waals surface area (Å²) in [6, 6.07) is 10.3. The van der Waals surface area contributed by atoms with Gasteiger partial charge in [-0.3, -0.25) is 4.79 Å². The van der Waals surface area contributed by atoms with Gasteiger partial charge in [0.25, 0.3) is 5.91 Å². The number of piperidine rings is 1. The van der Waals surface area contributed by atoms with Crippen LogP contribution in [0.2, 0.25) is 15.2 Å². The molecule has 2 aromatic rings. The fraction of sp³-hybridized carbons (Fsp3) is 0.350. The molecule has 0 radical (unpaired) electrons. The summed E-state index contributed by atoms with van der Waals surface area (Å²) in [4.78, 5) is 30.1. The molecule has 1 aliphatic rings. The SMILES string of the molecule is Nc1c(Cl)c(Cl)nc(C(=O)OCC(=O)N2CCC(Cc3ccccc3)CC2)c1Cl. The lowest BCUT2D eigenvalue weighted by atomic mass is 9.90. The van der Waals surface area contributed by atoms with Crippen LogP contribution in [0.4, 0.5) is 5.69 Å². The molecule has 1 amide bonds. The quantitative estimate of drug-likeness (QED) is 0.536. The first kappa shape index (κ1) is 21.7. The van der Waals surface area contributed by atoms with E-state index < -0.39 is 12.6 Å². The van der Waals surface area contributed by atoms with Crippen LogP contribution in [0.5, 0.6) is 0 Å². The molecule has 1 aromatic heterocycles. The van der Waals surface area contributed by atoms with E-state index in [0.29, 0.717) is 19.0 Å². The molecule has 1 fully saturated rings. The first-order valence-electron chi connectivity index (χ1n) is 9.15. The zero-order valence-electron chi connectivity index (χ0n) is 15.5. The first-order chi connectivity index (χ1) is 13.9. The highest BCUT2D eigenvalue weighted by Crippen LogP contribution is 2.34. The predicted molar refractivity (Wildman–Crippen MR) is 113 cm³/mol. The van der Waals surface area contributed by atoms with E-state index in [4.69, 9.17) is 45.3 Å². The van der Waals surface area contributed by atoms with Crippen LogP contribution in [-0.4, -0.2) is 41.5 Å². The summed E-state index contributed by atoms with van der Waals surface area (Å²) in [5.74, 6) is -0.612. The van der Waals surface area contributed by atoms with Crippen LogP contribution in [0.25, 0.3) is 0 Å². The highest BCUT2D eigenvalue weighted by Gasteiger charge is 2.25. The van der Waals surface area contributed by atoms with Crippen LogP contribution in [-0.2, 0) is 16.0 Å². The van der Waals surface area contributed by atoms with Crippen molar-refractivity contribution < 1.29 is 14.3 Å². The van der Waals surface area contributed by atoms with Gasteiger partial charge in [0.2, 0.25) is 0 Å². The Kier molecular flexibility index (Phi) is 7.22. The van der Waals surface area contributed by atoms with Crippen molar-refractivity contribution in [2.45, 2.75) is 19.3 Å². The van der Waals surface area contributed by atoms with Gasteiger partial charge in [-0.15, -0.1) is 0 Å². The Balaban J connectivity index is 1.50. The minimum absolute atomic E-state index is 0.0392. The molecule has 0 atom stereocenters. The van der Waals surface area contributed by atoms with Gasteiger partial charge in [-0.05, 0) is 30.7 Å². The molecule has 0 aliphatic carbocycles. The van der Waals surface area contributed by atoms with E-state index in [1.165, 1.54) is 5.56 Å². The molecule has 1 aromatic carbocycles. The van der Waals surface area contributed by atoms with Crippen molar-refractivity contribution in [3.05, 3.63) is 56.8 Å². The number of halogens is 3. The molecular weight excluding hydrogens is 437 g/mol. The Morgan fingerprint density at radius 3 is 2.41 bits per heavy atom. The molecule has 1 aliphatic heterocycles. The Morgan fingerprint density at radius 2 is 1.76 bits per heavy atom. The molecule has 0 bridgehead atoms. The Morgan fingerprint density at radius 1 is 1.10 bits per heavy atom. The maximum absolute atomic E-state index is 12.4. The molecular formula is C20H20Cl3N3O3. The van der Waals surface area contributed by atoms with E-state index >= 15 is 0 Å². The normalized spacial score (nSPS) is 14.7. The van der Waals surface area contributed by atoms with Crippen molar-refractivity contribution in [1.29, 1.82) is 0 Å². The summed E-state index contributed by atoms with van der Waals surface area (Å²) < 4.78 is 5.06. The number of nitrogen functional groups attached to an aromatic ring is 1. The second kappa shape index (κ2) is 9.65. The molecule has 29 heavy (non-hydrogen) atoms. The number of nitrogens with zero attached hydrogens (tertiary/aromatic N) is 2. The molecule has 0 spiro atoms. The van der Waals surface area contributed by atoms with Crippen molar-refractivity contribution in [3.63, 3.8) is 0 Å². The van der Waals surface area contributed by atoms with Crippen molar-refractivity contribution in [2.75, 3.05) is 25.4 Å². The number of carbonyl (C=O) groups excluding carboxylic acids is 2. The second-order valence-corrected chi connectivity index (χ2v) is 8.00. The third-order valence-electron chi connectivity index (χ3n) is 4.93. The maximum atomic E-state index is 12.4. The van der Waals surface area contributed by atoms with Crippen molar-refractivity contribution in [2.24, 2.45) is 5.92 Å². The zero-order chi connectivity index (χ0) is 21.0. The van der Waals surface area contributed by atoms with Crippen molar-refractivity contribution in [3.8, 4) is 0 Å². The fourth-order valence-corrected chi connectivity index (χ4v) is 3.87. The number of hydrogen-bond donors (Lipinski definition) is 1. The number of hydrogen-bond acceptors (Lipinski definition) is 5. The van der Waals surface area contributed by atoms with Crippen LogP contribution in [0.15, 0.2) is 30.3 Å². The van der Waals surface area contributed by atoms with E-state index in [9.17, 15) is 9.59 Å². The number of carbonyl (C=O) groups is 2. The summed E-state index contributed by atoms with van der Waals surface area (Å²) in [7, 11) is 0. The number of anilines is 1. The number of rotatable bonds is 5. The van der Waals surface area contributed by atoms with Crippen LogP contribution >= 0.6 is 34.8 Å². The molecule has 2 N–H and O–H groups in total. The maximum Gasteiger partial charge on any atom is 0.359 e. The van der Waals surface area contributed by atoms with E-state index in [1.54, 1.807) is 4.90 Å². The van der Waals surface area contributed by atoms with Gasteiger partial charge < -0.3 is 15.4 Å². The van der Waals surface area contributed by atoms with Gasteiger partial charge in [0.15, 0.2) is 17.5 Å². The third kappa shape index (κ3) is 5.32. The van der Waals surface area contributed by atoms with Crippen LogP contribution < -0.4 is 5.73 Å². The van der Waals surface area contributed by atoms with Crippen molar-refractivity contribution >= 4 is 52.4 Å². The number of likely N-dealkylation sites (tertiary alicyclic amines) is 1. The van der Waals surface area contributed by atoms with Gasteiger partial charge in [0.1, 0.15) is 5.02 Å². The first-order valence-corrected chi connectivity index (χ1v) is 10.3. The largest absolute Gasteiger partial charge is 0.451 e. The molecule has 0 unspecified atom stereocenters. The van der Waals surface area contributed by atoms with Gasteiger partial charge >= 0.3 is 5.97 Å². The number of aromatic nitrogens is 1. The smallest absolute Gasteiger partial charge is 0.359 e. The summed E-state index contributed by atoms with van der Waals surface area (Å²) in [6.45, 7) is 0.861. The van der Waals surface area contributed by atoms with Gasteiger partial charge in [0.05, 0.1) is 10.7 Å². The molecule has 1 saturated heterocycles. The number of esters is 1. The lowest BCUT2D eigenvalue weighted by Gasteiger charge is -2.32. The lowest BCUT2D eigenvalue weighted by Crippen LogP contribution is -2.41. The third-order valence-corrected chi connectivity index (χ3v) is 6.06. The van der Waals surface area contributed by atoms with E-state index in [2.05, 4.69) is 17.1 Å². The summed E-state index contributed by atoms with van der Waals surface area (Å²) in [6.07, 6.45) is 2.82. The van der Waals surface area contributed by atoms with Crippen LogP contribution in [0.3, 0.4) is 0 Å². The Labute approximate surface area is 183 Å². The van der Waals surface area contributed by atoms with Crippen LogP contribution in [0, 0.1) is 5.92 Å². The number of pyridine rings is 1. The van der Waals surface area contributed by atoms with E-state index in [-0.39, 0.29) is 32.5 Å². The Hall–Kier alpha value is -2.02. The van der Waals surface area contributed by atoms with Gasteiger partial charge in [-0.25, -0.2) is 9.78 Å². The highest BCUT2D eigenvalue weighted by molar-refractivity contribution is 6.46. The minimum atomic E-state index is -0.882. The topological polar surface area (TPSA) is 85.5 Å². The summed E-state index contributed by atoms with van der Waals surface area (Å²) in [5, 5.41) is -0.353. The van der Waals surface area contributed by atoms with Gasteiger partial charge in [-0.2, -0.15) is 0 Å². The average Bonchev–Trinajstić information content (AvgIpc) is 2.74. The molecule has 2 heterocycles. The molecule has 154 valence electrons. The molecule has 0 saturated carbocycles. The minimum Gasteiger partial charge on any atom is -0.451 e. The summed E-state index contributed by atoms with van der Waals surface area (Å²) in [5.41, 5.74) is 6.66. The van der Waals surface area contributed by atoms with E-state index in [1.807, 2.05) is 18.2 Å². The van der Waals surface area contributed by atoms with E-state index in [0.717, 1.165) is 19.3 Å². The predicted octanol–water partition coefficient (Wildman–Crippen LogP) is 4.26. The number of benzene rings is 1. The lowest BCUT2D eigenvalue weighted by molar-refractivity contribution is -0.135. The van der Waals surface area contributed by atoms with Gasteiger partial charge in [0, 0.05) is 13.1 Å². The number of nitrogens with two attached hydrogens (primary N) is 1. The number of ether oxygens (including phenoxy) is 1. The van der Waals surface area contributed by atoms with Crippen LogP contribution in [0.1, 0.15) is 28.9 Å². The van der Waals surface area contributed by atoms with Gasteiger partial charge in [-0.1, -0.05) is 65.1 Å². The second-order valence-electron chi connectivity index (χ2n) is 6.88. The Bertz CT molecular complexity index is 901. The zero-order valence-corrected chi connectivity index (χ0v) is 17.8. The highest BCUT2D eigenvalue weighted by atomic mass is 35.5. The molecule has 3 rings (SSSR count). The number of amides is 1. The average molecular weight is 457 g/mol. The standard InChI is InChI=1S/C20H20Cl3N3O3/c21-15-17(24)16(22)19(23)25-18(15)20(28)29-11-14(27)26-8-6-13(7-9-26)10-12-4-2-1-3-5-12/h1-5,13H,6-11H2,(H2,24,25). The molecule has 6 nitrogen and oxygen atoms in total. The molecule has 9 heteroatoms. The monoisotopic (exact) mass is 455 g/mol.